The van der Waals surface area contributed by atoms with Crippen molar-refractivity contribution in [3.05, 3.63) is 38.3 Å². The number of rotatable bonds is 3. The molecule has 0 fully saturated rings. The summed E-state index contributed by atoms with van der Waals surface area (Å²) in [6.07, 6.45) is 0. The van der Waals surface area contributed by atoms with Gasteiger partial charge in [0.25, 0.3) is 5.19 Å². The molecule has 0 saturated carbocycles. The summed E-state index contributed by atoms with van der Waals surface area (Å²) in [5, 5.41) is 9.64. The maximum absolute atomic E-state index is 10.9. The molecule has 1 N–H and O–H groups in total. The van der Waals surface area contributed by atoms with E-state index in [0.29, 0.717) is 10.8 Å². The second-order valence-electron chi connectivity index (χ2n) is 3.88. The highest BCUT2D eigenvalue weighted by Gasteiger charge is 2.18. The van der Waals surface area contributed by atoms with E-state index in [1.807, 2.05) is 13.8 Å². The summed E-state index contributed by atoms with van der Waals surface area (Å²) < 4.78 is 5.61. The number of aromatic carboxylic acids is 1. The van der Waals surface area contributed by atoms with Gasteiger partial charge in [-0.15, -0.1) is 0 Å². The first-order valence-corrected chi connectivity index (χ1v) is 6.80. The molecule has 0 radical (unpaired) electrons. The molecule has 2 rings (SSSR count). The van der Waals surface area contributed by atoms with Crippen molar-refractivity contribution < 1.29 is 14.6 Å². The van der Waals surface area contributed by atoms with E-state index in [0.717, 1.165) is 22.5 Å². The first-order valence-electron chi connectivity index (χ1n) is 5.22. The molecule has 0 aliphatic heterocycles. The monoisotopic (exact) mass is 317 g/mol. The van der Waals surface area contributed by atoms with Crippen molar-refractivity contribution in [2.45, 2.75) is 13.8 Å². The molecule has 0 saturated heterocycles. The van der Waals surface area contributed by atoms with Crippen LogP contribution in [0.2, 0.25) is 10.2 Å². The summed E-state index contributed by atoms with van der Waals surface area (Å²) in [4.78, 5) is 14.7. The Morgan fingerprint density at radius 3 is 2.37 bits per heavy atom. The van der Waals surface area contributed by atoms with Gasteiger partial charge in [-0.05, 0) is 37.1 Å². The maximum atomic E-state index is 10.9. The third-order valence-corrected chi connectivity index (χ3v) is 3.90. The SMILES string of the molecule is Cc1cc(Cl)cc(C)c1Oc1nc(Cl)c(C(=O)O)s1. The fraction of sp³-hybridized carbons (Fsp3) is 0.167. The van der Waals surface area contributed by atoms with Gasteiger partial charge in [0.2, 0.25) is 0 Å². The van der Waals surface area contributed by atoms with Gasteiger partial charge in [0.15, 0.2) is 10.0 Å². The zero-order chi connectivity index (χ0) is 14.2. The molecule has 0 unspecified atom stereocenters. The van der Waals surface area contributed by atoms with Crippen LogP contribution in [0.4, 0.5) is 0 Å². The smallest absolute Gasteiger partial charge is 0.349 e. The van der Waals surface area contributed by atoms with Gasteiger partial charge in [-0.3, -0.25) is 0 Å². The molecule has 0 aliphatic carbocycles. The normalized spacial score (nSPS) is 10.5. The van der Waals surface area contributed by atoms with Gasteiger partial charge < -0.3 is 9.84 Å². The molecular weight excluding hydrogens is 309 g/mol. The number of benzene rings is 1. The lowest BCUT2D eigenvalue weighted by Gasteiger charge is -2.09. The molecule has 1 aromatic heterocycles. The number of carbonyl (C=O) groups is 1. The van der Waals surface area contributed by atoms with E-state index in [1.165, 1.54) is 0 Å². The third-order valence-electron chi connectivity index (χ3n) is 2.37. The molecule has 0 spiro atoms. The number of halogens is 2. The van der Waals surface area contributed by atoms with Crippen LogP contribution in [0.5, 0.6) is 10.9 Å². The van der Waals surface area contributed by atoms with Crippen LogP contribution in [0, 0.1) is 13.8 Å². The van der Waals surface area contributed by atoms with Crippen LogP contribution >= 0.6 is 34.5 Å². The van der Waals surface area contributed by atoms with Crippen LogP contribution in [0.25, 0.3) is 0 Å². The second-order valence-corrected chi connectivity index (χ2v) is 5.63. The standard InChI is InChI=1S/C12H9Cl2NO3S/c1-5-3-7(13)4-6(2)8(5)18-12-15-10(14)9(19-12)11(16)17/h3-4H,1-2H3,(H,16,17). The van der Waals surface area contributed by atoms with E-state index in [1.54, 1.807) is 12.1 Å². The van der Waals surface area contributed by atoms with Crippen molar-refractivity contribution >= 4 is 40.5 Å². The molecule has 0 atom stereocenters. The largest absolute Gasteiger partial charge is 0.477 e. The number of nitrogens with zero attached hydrogens (tertiary/aromatic N) is 1. The molecular formula is C12H9Cl2NO3S. The first kappa shape index (κ1) is 14.1. The highest BCUT2D eigenvalue weighted by atomic mass is 35.5. The highest BCUT2D eigenvalue weighted by molar-refractivity contribution is 7.15. The minimum absolute atomic E-state index is 0.0408. The van der Waals surface area contributed by atoms with Gasteiger partial charge >= 0.3 is 5.97 Å². The van der Waals surface area contributed by atoms with Crippen molar-refractivity contribution in [2.24, 2.45) is 0 Å². The quantitative estimate of drug-likeness (QED) is 0.901. The molecule has 4 nitrogen and oxygen atoms in total. The molecule has 0 bridgehead atoms. The van der Waals surface area contributed by atoms with Crippen LogP contribution in [0.3, 0.4) is 0 Å². The van der Waals surface area contributed by atoms with Gasteiger partial charge in [0.1, 0.15) is 5.75 Å². The lowest BCUT2D eigenvalue weighted by atomic mass is 10.1. The van der Waals surface area contributed by atoms with Crippen LogP contribution in [-0.2, 0) is 0 Å². The fourth-order valence-corrected chi connectivity index (χ4v) is 2.91. The molecule has 2 aromatic rings. The zero-order valence-corrected chi connectivity index (χ0v) is 12.4. The van der Waals surface area contributed by atoms with Crippen LogP contribution < -0.4 is 4.74 Å². The van der Waals surface area contributed by atoms with Crippen molar-refractivity contribution in [3.63, 3.8) is 0 Å². The third kappa shape index (κ3) is 3.00. The summed E-state index contributed by atoms with van der Waals surface area (Å²) >= 11 is 12.5. The predicted molar refractivity (Wildman–Crippen MR) is 75.1 cm³/mol. The number of aromatic nitrogens is 1. The van der Waals surface area contributed by atoms with Crippen molar-refractivity contribution in [3.8, 4) is 10.9 Å². The van der Waals surface area contributed by atoms with Crippen LogP contribution in [0.1, 0.15) is 20.8 Å². The Hall–Kier alpha value is -1.30. The number of thiazole rings is 1. The Morgan fingerprint density at radius 1 is 1.32 bits per heavy atom. The predicted octanol–water partition coefficient (Wildman–Crippen LogP) is 4.56. The minimum atomic E-state index is -1.12. The summed E-state index contributed by atoms with van der Waals surface area (Å²) in [7, 11) is 0. The first-order chi connectivity index (χ1) is 8.88. The molecule has 0 aliphatic rings. The molecule has 19 heavy (non-hydrogen) atoms. The van der Waals surface area contributed by atoms with Gasteiger partial charge in [0, 0.05) is 5.02 Å². The minimum Gasteiger partial charge on any atom is -0.477 e. The Balaban J connectivity index is 2.37. The summed E-state index contributed by atoms with van der Waals surface area (Å²) in [6.45, 7) is 3.70. The fourth-order valence-electron chi connectivity index (χ4n) is 1.60. The second kappa shape index (κ2) is 5.36. The van der Waals surface area contributed by atoms with Gasteiger partial charge in [-0.2, -0.15) is 4.98 Å². The van der Waals surface area contributed by atoms with Crippen LogP contribution in [-0.4, -0.2) is 16.1 Å². The molecule has 1 heterocycles. The van der Waals surface area contributed by atoms with E-state index in [9.17, 15) is 4.79 Å². The number of hydrogen-bond acceptors (Lipinski definition) is 4. The Morgan fingerprint density at radius 2 is 1.89 bits per heavy atom. The van der Waals surface area contributed by atoms with Gasteiger partial charge in [-0.1, -0.05) is 34.5 Å². The Labute approximate surface area is 123 Å². The zero-order valence-electron chi connectivity index (χ0n) is 10.0. The van der Waals surface area contributed by atoms with E-state index in [4.69, 9.17) is 33.0 Å². The van der Waals surface area contributed by atoms with Gasteiger partial charge in [0.05, 0.1) is 0 Å². The Bertz CT molecular complexity index is 631. The van der Waals surface area contributed by atoms with Crippen LogP contribution in [0.15, 0.2) is 12.1 Å². The molecule has 0 amide bonds. The topological polar surface area (TPSA) is 59.4 Å². The van der Waals surface area contributed by atoms with Crippen molar-refractivity contribution in [1.29, 1.82) is 0 Å². The summed E-state index contributed by atoms with van der Waals surface area (Å²) in [6, 6.07) is 3.52. The maximum Gasteiger partial charge on any atom is 0.349 e. The highest BCUT2D eigenvalue weighted by Crippen LogP contribution is 2.35. The number of carboxylic acid groups (broad SMARTS) is 1. The van der Waals surface area contributed by atoms with Crippen molar-refractivity contribution in [2.75, 3.05) is 0 Å². The molecule has 1 aromatic carbocycles. The van der Waals surface area contributed by atoms with E-state index < -0.39 is 5.97 Å². The molecule has 100 valence electrons. The number of aryl methyl sites for hydroxylation is 2. The van der Waals surface area contributed by atoms with Crippen molar-refractivity contribution in [1.82, 2.24) is 4.98 Å². The van der Waals surface area contributed by atoms with Gasteiger partial charge in [-0.25, -0.2) is 4.79 Å². The lowest BCUT2D eigenvalue weighted by molar-refractivity contribution is 0.0702. The molecule has 7 heteroatoms. The summed E-state index contributed by atoms with van der Waals surface area (Å²) in [5.74, 6) is -0.520. The van der Waals surface area contributed by atoms with E-state index >= 15 is 0 Å². The lowest BCUT2D eigenvalue weighted by Crippen LogP contribution is -1.91. The van der Waals surface area contributed by atoms with E-state index in [2.05, 4.69) is 4.98 Å². The number of hydrogen-bond donors (Lipinski definition) is 1. The average Bonchev–Trinajstić information content (AvgIpc) is 2.65. The number of carboxylic acids is 1. The average molecular weight is 318 g/mol. The Kier molecular flexibility index (Phi) is 3.99. The van der Waals surface area contributed by atoms with E-state index in [-0.39, 0.29) is 15.2 Å². The summed E-state index contributed by atoms with van der Waals surface area (Å²) in [5.41, 5.74) is 1.68. The number of ether oxygens (including phenoxy) is 1.